The summed E-state index contributed by atoms with van der Waals surface area (Å²) in [5.74, 6) is -1.47. The molecule has 0 aliphatic carbocycles. The molecule has 1 N–H and O–H groups in total. The number of hydrogen-bond donors (Lipinski definition) is 1. The van der Waals surface area contributed by atoms with Gasteiger partial charge in [0.2, 0.25) is 0 Å². The number of aliphatic carboxylic acids is 1. The number of hydrogen-bond acceptors (Lipinski definition) is 4. The zero-order valence-electron chi connectivity index (χ0n) is 14.3. The molecule has 0 saturated heterocycles. The predicted molar refractivity (Wildman–Crippen MR) is 94.2 cm³/mol. The highest BCUT2D eigenvalue weighted by Gasteiger charge is 2.25. The molecule has 7 nitrogen and oxygen atoms in total. The van der Waals surface area contributed by atoms with Crippen molar-refractivity contribution in [1.82, 2.24) is 19.9 Å². The molecule has 0 spiro atoms. The van der Waals surface area contributed by atoms with E-state index in [0.29, 0.717) is 35.8 Å². The van der Waals surface area contributed by atoms with Crippen LogP contribution >= 0.6 is 11.6 Å². The van der Waals surface area contributed by atoms with Crippen molar-refractivity contribution in [2.75, 3.05) is 13.1 Å². The van der Waals surface area contributed by atoms with Gasteiger partial charge in [-0.2, -0.15) is 0 Å². The molecule has 25 heavy (non-hydrogen) atoms. The number of benzene rings is 1. The smallest absolute Gasteiger partial charge is 0.323 e. The number of carbonyl (C=O) groups is 2. The monoisotopic (exact) mass is 364 g/mol. The van der Waals surface area contributed by atoms with Gasteiger partial charge in [-0.25, -0.2) is 4.68 Å². The van der Waals surface area contributed by atoms with E-state index in [9.17, 15) is 9.59 Å². The molecule has 2 rings (SSSR count). The summed E-state index contributed by atoms with van der Waals surface area (Å²) in [7, 11) is 0. The summed E-state index contributed by atoms with van der Waals surface area (Å²) >= 11 is 6.04. The lowest BCUT2D eigenvalue weighted by molar-refractivity contribution is -0.137. The van der Waals surface area contributed by atoms with Crippen LogP contribution in [0.5, 0.6) is 0 Å². The van der Waals surface area contributed by atoms with Gasteiger partial charge in [0.25, 0.3) is 5.91 Å². The Morgan fingerprint density at radius 3 is 2.64 bits per heavy atom. The average molecular weight is 365 g/mol. The molecule has 0 atom stereocenters. The lowest BCUT2D eigenvalue weighted by atomic mass is 10.1. The molecule has 0 unspecified atom stereocenters. The first kappa shape index (κ1) is 18.9. The maximum Gasteiger partial charge on any atom is 0.323 e. The molecular weight excluding hydrogens is 344 g/mol. The second-order valence-electron chi connectivity index (χ2n) is 5.65. The maximum absolute atomic E-state index is 12.8. The Morgan fingerprint density at radius 1 is 1.28 bits per heavy atom. The number of nitrogens with zero attached hydrogens (tertiary/aromatic N) is 4. The Balaban J connectivity index is 2.43. The molecule has 8 heteroatoms. The number of amides is 1. The first-order valence-electron chi connectivity index (χ1n) is 8.19. The summed E-state index contributed by atoms with van der Waals surface area (Å²) in [6.07, 6.45) is 2.04. The van der Waals surface area contributed by atoms with Crippen LogP contribution < -0.4 is 0 Å². The van der Waals surface area contributed by atoms with E-state index in [4.69, 9.17) is 16.7 Å². The molecule has 0 bridgehead atoms. The molecule has 1 aromatic carbocycles. The number of halogens is 1. The highest BCUT2D eigenvalue weighted by molar-refractivity contribution is 6.30. The fourth-order valence-electron chi connectivity index (χ4n) is 2.58. The SMILES string of the molecule is CCCc1c(C(=O)N(CCC)CC(=O)O)nnn1-c1cccc(Cl)c1. The molecule has 0 fully saturated rings. The fourth-order valence-corrected chi connectivity index (χ4v) is 2.76. The lowest BCUT2D eigenvalue weighted by Crippen LogP contribution is -2.37. The summed E-state index contributed by atoms with van der Waals surface area (Å²) in [5.41, 5.74) is 1.56. The summed E-state index contributed by atoms with van der Waals surface area (Å²) in [5, 5.41) is 17.7. The van der Waals surface area contributed by atoms with E-state index < -0.39 is 11.9 Å². The zero-order valence-corrected chi connectivity index (χ0v) is 15.0. The molecule has 1 heterocycles. The van der Waals surface area contributed by atoms with Gasteiger partial charge in [0.1, 0.15) is 6.54 Å². The van der Waals surface area contributed by atoms with Gasteiger partial charge in [0.15, 0.2) is 5.69 Å². The third-order valence-electron chi connectivity index (χ3n) is 3.61. The van der Waals surface area contributed by atoms with E-state index in [1.165, 1.54) is 4.90 Å². The number of carboxylic acid groups (broad SMARTS) is 1. The third kappa shape index (κ3) is 4.57. The van der Waals surface area contributed by atoms with Gasteiger partial charge < -0.3 is 10.0 Å². The van der Waals surface area contributed by atoms with Crippen LogP contribution in [0, 0.1) is 0 Å². The number of carbonyl (C=O) groups excluding carboxylic acids is 1. The fraction of sp³-hybridized carbons (Fsp3) is 0.412. The minimum atomic E-state index is -1.05. The van der Waals surface area contributed by atoms with E-state index >= 15 is 0 Å². The highest BCUT2D eigenvalue weighted by Crippen LogP contribution is 2.19. The number of rotatable bonds is 8. The average Bonchev–Trinajstić information content (AvgIpc) is 2.97. The number of carboxylic acids is 1. The van der Waals surface area contributed by atoms with Crippen LogP contribution in [0.3, 0.4) is 0 Å². The molecule has 0 aliphatic heterocycles. The number of aromatic nitrogens is 3. The van der Waals surface area contributed by atoms with Crippen molar-refractivity contribution in [3.8, 4) is 5.69 Å². The first-order chi connectivity index (χ1) is 12.0. The van der Waals surface area contributed by atoms with E-state index in [2.05, 4.69) is 10.3 Å². The van der Waals surface area contributed by atoms with Crippen LogP contribution in [0.4, 0.5) is 0 Å². The van der Waals surface area contributed by atoms with Gasteiger partial charge in [-0.15, -0.1) is 5.10 Å². The molecule has 1 amide bonds. The molecule has 1 aromatic heterocycles. The predicted octanol–water partition coefficient (Wildman–Crippen LogP) is 2.81. The van der Waals surface area contributed by atoms with E-state index in [1.54, 1.807) is 22.9 Å². The standard InChI is InChI=1S/C17H21ClN4O3/c1-3-6-14-16(17(25)21(9-4-2)11-15(23)24)19-20-22(14)13-8-5-7-12(18)10-13/h5,7-8,10H,3-4,6,9,11H2,1-2H3,(H,23,24). The van der Waals surface area contributed by atoms with Crippen LogP contribution in [0.15, 0.2) is 24.3 Å². The van der Waals surface area contributed by atoms with Crippen LogP contribution in [0.25, 0.3) is 5.69 Å². The van der Waals surface area contributed by atoms with Crippen molar-refractivity contribution in [3.05, 3.63) is 40.7 Å². The van der Waals surface area contributed by atoms with Gasteiger partial charge >= 0.3 is 5.97 Å². The Bertz CT molecular complexity index is 760. The van der Waals surface area contributed by atoms with Gasteiger partial charge in [-0.05, 0) is 31.0 Å². The normalized spacial score (nSPS) is 10.7. The quantitative estimate of drug-likeness (QED) is 0.778. The van der Waals surface area contributed by atoms with Crippen molar-refractivity contribution in [2.24, 2.45) is 0 Å². The van der Waals surface area contributed by atoms with Crippen molar-refractivity contribution < 1.29 is 14.7 Å². The topological polar surface area (TPSA) is 88.3 Å². The van der Waals surface area contributed by atoms with Crippen LogP contribution in [-0.4, -0.2) is 50.0 Å². The molecule has 0 aliphatic rings. The minimum Gasteiger partial charge on any atom is -0.480 e. The minimum absolute atomic E-state index is 0.191. The van der Waals surface area contributed by atoms with E-state index in [1.807, 2.05) is 19.9 Å². The molecule has 0 radical (unpaired) electrons. The van der Waals surface area contributed by atoms with Crippen LogP contribution in [0.2, 0.25) is 5.02 Å². The summed E-state index contributed by atoms with van der Waals surface area (Å²) in [4.78, 5) is 25.1. The van der Waals surface area contributed by atoms with E-state index in [-0.39, 0.29) is 12.2 Å². The second kappa shape index (κ2) is 8.62. The molecular formula is C17H21ClN4O3. The Morgan fingerprint density at radius 2 is 2.04 bits per heavy atom. The summed E-state index contributed by atoms with van der Waals surface area (Å²) < 4.78 is 1.59. The molecule has 0 saturated carbocycles. The van der Waals surface area contributed by atoms with Gasteiger partial charge in [-0.3, -0.25) is 9.59 Å². The Hall–Kier alpha value is -2.41. The van der Waals surface area contributed by atoms with Crippen LogP contribution in [-0.2, 0) is 11.2 Å². The zero-order chi connectivity index (χ0) is 18.4. The van der Waals surface area contributed by atoms with Gasteiger partial charge in [0, 0.05) is 11.6 Å². The Labute approximate surface area is 151 Å². The third-order valence-corrected chi connectivity index (χ3v) is 3.85. The van der Waals surface area contributed by atoms with Crippen molar-refractivity contribution >= 4 is 23.5 Å². The van der Waals surface area contributed by atoms with Crippen molar-refractivity contribution in [3.63, 3.8) is 0 Å². The summed E-state index contributed by atoms with van der Waals surface area (Å²) in [6, 6.07) is 7.12. The second-order valence-corrected chi connectivity index (χ2v) is 6.08. The van der Waals surface area contributed by atoms with Crippen molar-refractivity contribution in [2.45, 2.75) is 33.1 Å². The van der Waals surface area contributed by atoms with Gasteiger partial charge in [0.05, 0.1) is 11.4 Å². The van der Waals surface area contributed by atoms with Crippen LogP contribution in [0.1, 0.15) is 42.9 Å². The largest absolute Gasteiger partial charge is 0.480 e. The lowest BCUT2D eigenvalue weighted by Gasteiger charge is -2.19. The molecule has 134 valence electrons. The van der Waals surface area contributed by atoms with E-state index in [0.717, 1.165) is 6.42 Å². The molecule has 2 aromatic rings. The first-order valence-corrected chi connectivity index (χ1v) is 8.57. The highest BCUT2D eigenvalue weighted by atomic mass is 35.5. The summed E-state index contributed by atoms with van der Waals surface area (Å²) in [6.45, 7) is 3.87. The van der Waals surface area contributed by atoms with Crippen molar-refractivity contribution in [1.29, 1.82) is 0 Å². The Kier molecular flexibility index (Phi) is 6.52. The maximum atomic E-state index is 12.8. The van der Waals surface area contributed by atoms with Gasteiger partial charge in [-0.1, -0.05) is 43.1 Å².